The third kappa shape index (κ3) is 5.30. The second-order valence-electron chi connectivity index (χ2n) is 6.31. The summed E-state index contributed by atoms with van der Waals surface area (Å²) in [6.07, 6.45) is 1.64. The molecule has 1 N–H and O–H groups in total. The molecule has 2 aromatic rings. The van der Waals surface area contributed by atoms with Crippen LogP contribution in [0.1, 0.15) is 21.5 Å². The van der Waals surface area contributed by atoms with Crippen molar-refractivity contribution in [3.63, 3.8) is 0 Å². The smallest absolute Gasteiger partial charge is 0.323 e. The number of rotatable bonds is 7. The van der Waals surface area contributed by atoms with E-state index in [1.54, 1.807) is 42.5 Å². The van der Waals surface area contributed by atoms with E-state index in [0.29, 0.717) is 16.2 Å². The Labute approximate surface area is 177 Å². The minimum Gasteiger partial charge on any atom is -0.485 e. The van der Waals surface area contributed by atoms with E-state index in [1.807, 2.05) is 19.1 Å². The zero-order valence-electron chi connectivity index (χ0n) is 15.5. The van der Waals surface area contributed by atoms with Gasteiger partial charge in [0.25, 0.3) is 5.91 Å². The van der Waals surface area contributed by atoms with Gasteiger partial charge in [0.1, 0.15) is 16.6 Å². The first kappa shape index (κ1) is 20.8. The standard InChI is InChI=1S/C21H17NO5S2/c1-13-2-6-15(7-3-13)17(23)12-27-16-8-4-14(5-9-16)10-18-20(26)22(11-19(24)25)21(28)29-18/h2-10H,11-12H2,1H3,(H,24,25)/b18-10-. The molecule has 2 aromatic carbocycles. The molecule has 0 radical (unpaired) electrons. The Morgan fingerprint density at radius 1 is 1.14 bits per heavy atom. The van der Waals surface area contributed by atoms with Gasteiger partial charge >= 0.3 is 5.97 Å². The zero-order valence-corrected chi connectivity index (χ0v) is 17.1. The number of ketones is 1. The first-order valence-corrected chi connectivity index (χ1v) is 9.86. The third-order valence-electron chi connectivity index (χ3n) is 4.09. The van der Waals surface area contributed by atoms with Crippen molar-refractivity contribution in [3.8, 4) is 5.75 Å². The Morgan fingerprint density at radius 3 is 2.41 bits per heavy atom. The molecule has 148 valence electrons. The van der Waals surface area contributed by atoms with Crippen LogP contribution in [0.3, 0.4) is 0 Å². The van der Waals surface area contributed by atoms with Gasteiger partial charge in [-0.25, -0.2) is 0 Å². The van der Waals surface area contributed by atoms with Gasteiger partial charge < -0.3 is 9.84 Å². The van der Waals surface area contributed by atoms with Gasteiger partial charge in [-0.2, -0.15) is 0 Å². The molecular weight excluding hydrogens is 410 g/mol. The molecule has 0 unspecified atom stereocenters. The molecule has 1 aliphatic heterocycles. The predicted octanol–water partition coefficient (Wildman–Crippen LogP) is 3.54. The summed E-state index contributed by atoms with van der Waals surface area (Å²) in [5, 5.41) is 8.87. The van der Waals surface area contributed by atoms with Crippen molar-refractivity contribution >= 4 is 52.0 Å². The maximum atomic E-state index is 12.3. The second-order valence-corrected chi connectivity index (χ2v) is 7.98. The average molecular weight is 428 g/mol. The van der Waals surface area contributed by atoms with E-state index >= 15 is 0 Å². The maximum Gasteiger partial charge on any atom is 0.323 e. The lowest BCUT2D eigenvalue weighted by molar-refractivity contribution is -0.140. The molecule has 29 heavy (non-hydrogen) atoms. The van der Waals surface area contributed by atoms with Gasteiger partial charge in [-0.3, -0.25) is 19.3 Å². The number of nitrogens with zero attached hydrogens (tertiary/aromatic N) is 1. The average Bonchev–Trinajstić information content (AvgIpc) is 2.95. The van der Waals surface area contributed by atoms with Crippen molar-refractivity contribution in [2.75, 3.05) is 13.2 Å². The Kier molecular flexibility index (Phi) is 6.46. The molecular formula is C21H17NO5S2. The molecule has 0 saturated carbocycles. The summed E-state index contributed by atoms with van der Waals surface area (Å²) in [4.78, 5) is 36.7. The fraction of sp³-hybridized carbons (Fsp3) is 0.143. The Morgan fingerprint density at radius 2 is 1.79 bits per heavy atom. The summed E-state index contributed by atoms with van der Waals surface area (Å²) in [5.41, 5.74) is 2.41. The molecule has 3 rings (SSSR count). The summed E-state index contributed by atoms with van der Waals surface area (Å²) in [7, 11) is 0. The van der Waals surface area contributed by atoms with E-state index in [2.05, 4.69) is 0 Å². The van der Waals surface area contributed by atoms with Crippen LogP contribution in [0.25, 0.3) is 6.08 Å². The van der Waals surface area contributed by atoms with Crippen molar-refractivity contribution in [2.24, 2.45) is 0 Å². The number of carbonyl (C=O) groups excluding carboxylic acids is 2. The number of amides is 1. The van der Waals surface area contributed by atoms with Crippen molar-refractivity contribution in [1.82, 2.24) is 4.90 Å². The minimum atomic E-state index is -1.12. The van der Waals surface area contributed by atoms with Crippen molar-refractivity contribution < 1.29 is 24.2 Å². The van der Waals surface area contributed by atoms with Crippen LogP contribution in [0.15, 0.2) is 53.4 Å². The monoisotopic (exact) mass is 427 g/mol. The number of thiocarbonyl (C=S) groups is 1. The first-order chi connectivity index (χ1) is 13.8. The van der Waals surface area contributed by atoms with E-state index < -0.39 is 18.4 Å². The number of hydrogen-bond donors (Lipinski definition) is 1. The molecule has 1 saturated heterocycles. The van der Waals surface area contributed by atoms with E-state index in [4.69, 9.17) is 22.1 Å². The number of benzene rings is 2. The fourth-order valence-corrected chi connectivity index (χ4v) is 3.81. The summed E-state index contributed by atoms with van der Waals surface area (Å²) in [6, 6.07) is 14.2. The van der Waals surface area contributed by atoms with Gasteiger partial charge in [-0.05, 0) is 30.7 Å². The van der Waals surface area contributed by atoms with Crippen LogP contribution in [0.4, 0.5) is 0 Å². The summed E-state index contributed by atoms with van der Waals surface area (Å²) in [6.45, 7) is 1.43. The van der Waals surface area contributed by atoms with Crippen LogP contribution in [-0.2, 0) is 9.59 Å². The molecule has 6 nitrogen and oxygen atoms in total. The van der Waals surface area contributed by atoms with Gasteiger partial charge in [0.2, 0.25) is 0 Å². The molecule has 0 aliphatic carbocycles. The van der Waals surface area contributed by atoms with Crippen LogP contribution in [-0.4, -0.2) is 45.1 Å². The van der Waals surface area contributed by atoms with Gasteiger partial charge in [-0.15, -0.1) is 0 Å². The SMILES string of the molecule is Cc1ccc(C(=O)COc2ccc(/C=C3\SC(=S)N(CC(=O)O)C3=O)cc2)cc1. The second kappa shape index (κ2) is 9.02. The van der Waals surface area contributed by atoms with Crippen molar-refractivity contribution in [3.05, 3.63) is 70.1 Å². The zero-order chi connectivity index (χ0) is 21.0. The molecule has 1 aliphatic rings. The molecule has 1 heterocycles. The number of hydrogen-bond acceptors (Lipinski definition) is 6. The maximum absolute atomic E-state index is 12.3. The number of aryl methyl sites for hydroxylation is 1. The summed E-state index contributed by atoms with van der Waals surface area (Å²) in [5.74, 6) is -1.13. The molecule has 0 aromatic heterocycles. The van der Waals surface area contributed by atoms with E-state index in [1.165, 1.54) is 0 Å². The number of carboxylic acids is 1. The van der Waals surface area contributed by atoms with E-state index in [-0.39, 0.29) is 16.7 Å². The molecule has 1 amide bonds. The van der Waals surface area contributed by atoms with Crippen LogP contribution in [0, 0.1) is 6.92 Å². The quantitative estimate of drug-likeness (QED) is 0.411. The molecule has 1 fully saturated rings. The normalized spacial score (nSPS) is 15.1. The minimum absolute atomic E-state index is 0.0732. The predicted molar refractivity (Wildman–Crippen MR) is 115 cm³/mol. The van der Waals surface area contributed by atoms with E-state index in [9.17, 15) is 14.4 Å². The molecule has 0 spiro atoms. The van der Waals surface area contributed by atoms with Gasteiger partial charge in [0, 0.05) is 5.56 Å². The lowest BCUT2D eigenvalue weighted by Crippen LogP contribution is -2.33. The number of Topliss-reactive ketones (excluding diaryl/α,β-unsaturated/α-hetero) is 1. The highest BCUT2D eigenvalue weighted by Crippen LogP contribution is 2.32. The van der Waals surface area contributed by atoms with Crippen molar-refractivity contribution in [1.29, 1.82) is 0 Å². The molecule has 0 atom stereocenters. The largest absolute Gasteiger partial charge is 0.485 e. The van der Waals surface area contributed by atoms with Crippen LogP contribution < -0.4 is 4.74 Å². The molecule has 8 heteroatoms. The van der Waals surface area contributed by atoms with Crippen LogP contribution in [0.2, 0.25) is 0 Å². The molecule has 0 bridgehead atoms. The Balaban J connectivity index is 1.61. The third-order valence-corrected chi connectivity index (χ3v) is 5.47. The van der Waals surface area contributed by atoms with Gasteiger partial charge in [-0.1, -0.05) is 65.9 Å². The number of thioether (sulfide) groups is 1. The van der Waals surface area contributed by atoms with Crippen LogP contribution in [0.5, 0.6) is 5.75 Å². The Bertz CT molecular complexity index is 997. The summed E-state index contributed by atoms with van der Waals surface area (Å²) >= 11 is 6.13. The summed E-state index contributed by atoms with van der Waals surface area (Å²) < 4.78 is 5.76. The van der Waals surface area contributed by atoms with Gasteiger partial charge in [0.05, 0.1) is 4.91 Å². The highest BCUT2D eigenvalue weighted by molar-refractivity contribution is 8.26. The lowest BCUT2D eigenvalue weighted by atomic mass is 10.1. The highest BCUT2D eigenvalue weighted by atomic mass is 32.2. The lowest BCUT2D eigenvalue weighted by Gasteiger charge is -2.10. The van der Waals surface area contributed by atoms with E-state index in [0.717, 1.165) is 27.8 Å². The number of carboxylic acid groups (broad SMARTS) is 1. The van der Waals surface area contributed by atoms with Gasteiger partial charge in [0.15, 0.2) is 12.4 Å². The highest BCUT2D eigenvalue weighted by Gasteiger charge is 2.33. The Hall–Kier alpha value is -2.97. The number of carbonyl (C=O) groups is 3. The first-order valence-electron chi connectivity index (χ1n) is 8.63. The number of ether oxygens (including phenoxy) is 1. The van der Waals surface area contributed by atoms with Crippen molar-refractivity contribution in [2.45, 2.75) is 6.92 Å². The fourth-order valence-electron chi connectivity index (χ4n) is 2.55. The van der Waals surface area contributed by atoms with Crippen LogP contribution >= 0.6 is 24.0 Å². The topological polar surface area (TPSA) is 83.9 Å². The number of aliphatic carboxylic acids is 1.